The average molecular weight is 171 g/mol. The van der Waals surface area contributed by atoms with Gasteiger partial charge in [0.25, 0.3) is 0 Å². The van der Waals surface area contributed by atoms with E-state index in [1.165, 1.54) is 0 Å². The van der Waals surface area contributed by atoms with Gasteiger partial charge in [-0.1, -0.05) is 5.92 Å². The predicted molar refractivity (Wildman–Crippen MR) is 40.5 cm³/mol. The number of rotatable bonds is 4. The number of primary amides is 1. The van der Waals surface area contributed by atoms with E-state index < -0.39 is 11.9 Å². The average Bonchev–Trinajstić information content (AvgIpc) is 2.00. The van der Waals surface area contributed by atoms with Crippen molar-refractivity contribution in [2.75, 3.05) is 13.2 Å². The molecule has 66 valence electrons. The lowest BCUT2D eigenvalue weighted by Crippen LogP contribution is -2.37. The largest absolute Gasteiger partial charge is 0.368 e. The molecule has 0 aromatic heterocycles. The molecular weight excluding hydrogens is 162 g/mol. The van der Waals surface area contributed by atoms with Crippen LogP contribution in [0.4, 0.5) is 4.79 Å². The Kier molecular flexibility index (Phi) is 5.13. The highest BCUT2D eigenvalue weighted by Gasteiger charge is 1.98. The van der Waals surface area contributed by atoms with E-state index in [0.717, 1.165) is 0 Å². The highest BCUT2D eigenvalue weighted by Crippen LogP contribution is 1.67. The summed E-state index contributed by atoms with van der Waals surface area (Å²) < 4.78 is 0. The van der Waals surface area contributed by atoms with Crippen molar-refractivity contribution in [2.45, 2.75) is 0 Å². The third-order valence-electron chi connectivity index (χ3n) is 0.730. The molecule has 0 aliphatic rings. The van der Waals surface area contributed by atoms with E-state index in [1.54, 1.807) is 0 Å². The molecule has 0 fully saturated rings. The number of hydrogen-bond donors (Lipinski definition) is 3. The van der Waals surface area contributed by atoms with Crippen molar-refractivity contribution in [1.29, 1.82) is 0 Å². The molecule has 0 radical (unpaired) electrons. The van der Waals surface area contributed by atoms with Crippen LogP contribution in [0.25, 0.3) is 0 Å². The summed E-state index contributed by atoms with van der Waals surface area (Å²) in [4.78, 5) is 25.0. The summed E-state index contributed by atoms with van der Waals surface area (Å²) in [7, 11) is 0. The van der Waals surface area contributed by atoms with Crippen LogP contribution < -0.4 is 16.5 Å². The van der Waals surface area contributed by atoms with E-state index in [4.69, 9.17) is 12.2 Å². The van der Waals surface area contributed by atoms with Gasteiger partial charge in [0.05, 0.1) is 6.54 Å². The first-order valence-corrected chi connectivity index (χ1v) is 3.04. The lowest BCUT2D eigenvalue weighted by molar-refractivity contribution is -0.124. The Hall–Kier alpha value is -1.74. The zero-order valence-electron chi connectivity index (χ0n) is 6.29. The van der Waals surface area contributed by atoms with Gasteiger partial charge in [-0.05, 0) is 0 Å². The summed E-state index contributed by atoms with van der Waals surface area (Å²) in [6, 6.07) is -0.616. The number of nitrogens with two attached hydrogens (primary N) is 1. The number of nitrogens with one attached hydrogen (secondary N) is 2. The second kappa shape index (κ2) is 6.00. The fourth-order valence-corrected chi connectivity index (χ4v) is 0.340. The van der Waals surface area contributed by atoms with Crippen molar-refractivity contribution >= 4 is 11.9 Å². The lowest BCUT2D eigenvalue weighted by atomic mass is 10.7. The molecule has 0 spiro atoms. The van der Waals surface area contributed by atoms with Crippen LogP contribution in [0.15, 0.2) is 0 Å². The van der Waals surface area contributed by atoms with E-state index in [2.05, 4.69) is 16.1 Å². The van der Waals surface area contributed by atoms with Crippen LogP contribution in [0.1, 0.15) is 0 Å². The van der Waals surface area contributed by atoms with Crippen molar-refractivity contribution < 1.29 is 14.4 Å². The summed E-state index contributed by atoms with van der Waals surface area (Å²) in [6.45, 7) is -0.283. The molecule has 0 aliphatic carbocycles. The molecular formula is C6H9N3O3. The Bertz CT molecular complexity index is 209. The minimum absolute atomic E-state index is 0.0891. The van der Waals surface area contributed by atoms with E-state index in [1.807, 2.05) is 5.48 Å². The van der Waals surface area contributed by atoms with Gasteiger partial charge in [0.1, 0.15) is 0 Å². The highest BCUT2D eigenvalue weighted by atomic mass is 16.7. The number of terminal acetylenes is 1. The van der Waals surface area contributed by atoms with Crippen molar-refractivity contribution in [1.82, 2.24) is 10.8 Å². The van der Waals surface area contributed by atoms with Gasteiger partial charge in [0.15, 0.2) is 6.61 Å². The van der Waals surface area contributed by atoms with Crippen LogP contribution in [-0.2, 0) is 9.63 Å². The predicted octanol–water partition coefficient (Wildman–Crippen LogP) is -1.66. The monoisotopic (exact) mass is 171 g/mol. The summed E-state index contributed by atoms with van der Waals surface area (Å²) in [5.74, 6) is 1.50. The quantitative estimate of drug-likeness (QED) is 0.349. The number of amides is 3. The molecule has 0 bridgehead atoms. The molecule has 12 heavy (non-hydrogen) atoms. The molecule has 0 aliphatic heterocycles. The van der Waals surface area contributed by atoms with E-state index in [-0.39, 0.29) is 13.2 Å². The third-order valence-corrected chi connectivity index (χ3v) is 0.730. The number of hydrogen-bond acceptors (Lipinski definition) is 3. The van der Waals surface area contributed by atoms with Gasteiger partial charge < -0.3 is 11.1 Å². The fraction of sp³-hybridized carbons (Fsp3) is 0.333. The molecule has 0 atom stereocenters. The van der Waals surface area contributed by atoms with Crippen molar-refractivity contribution in [3.63, 3.8) is 0 Å². The zero-order chi connectivity index (χ0) is 9.40. The van der Waals surface area contributed by atoms with E-state index in [9.17, 15) is 9.59 Å². The first kappa shape index (κ1) is 10.3. The van der Waals surface area contributed by atoms with Crippen LogP contribution in [0, 0.1) is 12.3 Å². The minimum Gasteiger partial charge on any atom is -0.368 e. The van der Waals surface area contributed by atoms with Crippen LogP contribution in [0.5, 0.6) is 0 Å². The zero-order valence-corrected chi connectivity index (χ0v) is 6.29. The number of urea groups is 1. The van der Waals surface area contributed by atoms with Gasteiger partial charge in [0.2, 0.25) is 5.91 Å². The van der Waals surface area contributed by atoms with Gasteiger partial charge in [-0.15, -0.1) is 6.42 Å². The topological polar surface area (TPSA) is 93.4 Å². The standard InChI is InChI=1S/C6H9N3O3/c1-2-3-8-6(11)9-12-4-5(7)10/h1H,3-4H2,(H2,7,10)(H2,8,9,11). The van der Waals surface area contributed by atoms with E-state index >= 15 is 0 Å². The minimum atomic E-state index is -0.674. The Balaban J connectivity index is 3.33. The highest BCUT2D eigenvalue weighted by molar-refractivity contribution is 5.76. The first-order chi connectivity index (χ1) is 5.66. The summed E-state index contributed by atoms with van der Waals surface area (Å²) in [6.07, 6.45) is 4.85. The maximum atomic E-state index is 10.6. The maximum Gasteiger partial charge on any atom is 0.339 e. The van der Waals surface area contributed by atoms with Gasteiger partial charge in [0, 0.05) is 0 Å². The second-order valence-electron chi connectivity index (χ2n) is 1.74. The SMILES string of the molecule is C#CCNC(=O)NOCC(N)=O. The molecule has 6 nitrogen and oxygen atoms in total. The van der Waals surface area contributed by atoms with Crippen LogP contribution in [0.2, 0.25) is 0 Å². The molecule has 0 saturated heterocycles. The van der Waals surface area contributed by atoms with Gasteiger partial charge in [-0.25, -0.2) is 10.3 Å². The van der Waals surface area contributed by atoms with Crippen molar-refractivity contribution in [3.05, 3.63) is 0 Å². The van der Waals surface area contributed by atoms with Crippen LogP contribution >= 0.6 is 0 Å². The van der Waals surface area contributed by atoms with Crippen molar-refractivity contribution in [2.24, 2.45) is 5.73 Å². The number of carbonyl (C=O) groups is 2. The molecule has 4 N–H and O–H groups in total. The lowest BCUT2D eigenvalue weighted by Gasteiger charge is -2.03. The first-order valence-electron chi connectivity index (χ1n) is 3.04. The Morgan fingerprint density at radius 1 is 1.58 bits per heavy atom. The molecule has 0 saturated carbocycles. The van der Waals surface area contributed by atoms with Crippen LogP contribution in [-0.4, -0.2) is 25.1 Å². The molecule has 0 heterocycles. The normalized spacial score (nSPS) is 8.25. The van der Waals surface area contributed by atoms with Crippen molar-refractivity contribution in [3.8, 4) is 12.3 Å². The second-order valence-corrected chi connectivity index (χ2v) is 1.74. The summed E-state index contributed by atoms with van der Waals surface area (Å²) >= 11 is 0. The summed E-state index contributed by atoms with van der Waals surface area (Å²) in [5.41, 5.74) is 6.61. The van der Waals surface area contributed by atoms with Gasteiger partial charge in [-0.3, -0.25) is 9.63 Å². The van der Waals surface area contributed by atoms with Gasteiger partial charge >= 0.3 is 6.03 Å². The number of carbonyl (C=O) groups excluding carboxylic acids is 2. The molecule has 3 amide bonds. The fourth-order valence-electron chi connectivity index (χ4n) is 0.340. The Morgan fingerprint density at radius 3 is 2.75 bits per heavy atom. The Morgan fingerprint density at radius 2 is 2.25 bits per heavy atom. The molecule has 0 rings (SSSR count). The van der Waals surface area contributed by atoms with E-state index in [0.29, 0.717) is 0 Å². The smallest absolute Gasteiger partial charge is 0.339 e. The summed E-state index contributed by atoms with van der Waals surface area (Å²) in [5, 5.41) is 2.24. The third kappa shape index (κ3) is 6.38. The maximum absolute atomic E-state index is 10.6. The number of hydroxylamine groups is 1. The molecule has 0 aromatic carbocycles. The Labute approximate surface area is 69.4 Å². The van der Waals surface area contributed by atoms with Gasteiger partial charge in [-0.2, -0.15) is 0 Å². The van der Waals surface area contributed by atoms with Crippen LogP contribution in [0.3, 0.4) is 0 Å². The molecule has 0 unspecified atom stereocenters. The molecule has 0 aromatic rings. The molecule has 6 heteroatoms.